The van der Waals surface area contributed by atoms with Gasteiger partial charge in [-0.25, -0.2) is 0 Å². The molecule has 0 radical (unpaired) electrons. The van der Waals surface area contributed by atoms with Crippen LogP contribution >= 0.6 is 0 Å². The standard InChI is InChI=1S/C13H15NO/c1-2-3-4-8-14-9-7-12(10-14)13(15)11-5-6-11/h7,9-11H,4-6,8H2,1H3. The van der Waals surface area contributed by atoms with Gasteiger partial charge in [0.15, 0.2) is 5.78 Å². The Morgan fingerprint density at radius 3 is 3.07 bits per heavy atom. The second-order valence-corrected chi connectivity index (χ2v) is 3.95. The van der Waals surface area contributed by atoms with Crippen LogP contribution < -0.4 is 0 Å². The number of ketones is 1. The predicted molar refractivity (Wildman–Crippen MR) is 59.6 cm³/mol. The summed E-state index contributed by atoms with van der Waals surface area (Å²) in [6, 6.07) is 1.92. The maximum atomic E-state index is 11.7. The van der Waals surface area contributed by atoms with Gasteiger partial charge in [0.05, 0.1) is 0 Å². The SMILES string of the molecule is CC#CCCn1ccc(C(=O)C2CC2)c1. The van der Waals surface area contributed by atoms with Crippen molar-refractivity contribution in [3.63, 3.8) is 0 Å². The first-order valence-corrected chi connectivity index (χ1v) is 5.41. The molecular formula is C13H15NO. The highest BCUT2D eigenvalue weighted by molar-refractivity contribution is 5.99. The van der Waals surface area contributed by atoms with Crippen molar-refractivity contribution in [3.8, 4) is 11.8 Å². The van der Waals surface area contributed by atoms with Gasteiger partial charge in [-0.3, -0.25) is 4.79 Å². The second kappa shape index (κ2) is 4.35. The Hall–Kier alpha value is -1.49. The van der Waals surface area contributed by atoms with Crippen LogP contribution in [0, 0.1) is 17.8 Å². The van der Waals surface area contributed by atoms with Gasteiger partial charge in [-0.2, -0.15) is 0 Å². The number of hydrogen-bond donors (Lipinski definition) is 0. The fourth-order valence-electron chi connectivity index (χ4n) is 1.62. The van der Waals surface area contributed by atoms with Gasteiger partial charge >= 0.3 is 0 Å². The first kappa shape index (κ1) is 10.0. The highest BCUT2D eigenvalue weighted by Crippen LogP contribution is 2.32. The minimum atomic E-state index is 0.315. The molecule has 0 spiro atoms. The summed E-state index contributed by atoms with van der Waals surface area (Å²) >= 11 is 0. The van der Waals surface area contributed by atoms with E-state index in [2.05, 4.69) is 11.8 Å². The quantitative estimate of drug-likeness (QED) is 0.542. The summed E-state index contributed by atoms with van der Waals surface area (Å²) in [7, 11) is 0. The third-order valence-electron chi connectivity index (χ3n) is 2.65. The zero-order valence-electron chi connectivity index (χ0n) is 8.99. The number of rotatable bonds is 4. The maximum Gasteiger partial charge on any atom is 0.167 e. The van der Waals surface area contributed by atoms with Gasteiger partial charge in [0, 0.05) is 36.8 Å². The molecule has 0 amide bonds. The summed E-state index contributed by atoms with van der Waals surface area (Å²) in [5, 5.41) is 0. The molecule has 0 atom stereocenters. The van der Waals surface area contributed by atoms with Crippen molar-refractivity contribution in [1.29, 1.82) is 0 Å². The molecule has 0 saturated heterocycles. The van der Waals surface area contributed by atoms with Crippen molar-refractivity contribution >= 4 is 5.78 Å². The number of aryl methyl sites for hydroxylation is 1. The summed E-state index contributed by atoms with van der Waals surface area (Å²) in [5.74, 6) is 6.51. The maximum absolute atomic E-state index is 11.7. The molecule has 0 bridgehead atoms. The zero-order valence-corrected chi connectivity index (χ0v) is 8.99. The Balaban J connectivity index is 1.95. The lowest BCUT2D eigenvalue weighted by molar-refractivity contribution is 0.0967. The van der Waals surface area contributed by atoms with Crippen LogP contribution in [0.15, 0.2) is 18.5 Å². The zero-order chi connectivity index (χ0) is 10.7. The smallest absolute Gasteiger partial charge is 0.167 e. The van der Waals surface area contributed by atoms with E-state index < -0.39 is 0 Å². The number of Topliss-reactive ketones (excluding diaryl/α,β-unsaturated/α-hetero) is 1. The molecule has 2 heteroatoms. The minimum absolute atomic E-state index is 0.315. The van der Waals surface area contributed by atoms with E-state index in [1.807, 2.05) is 30.0 Å². The van der Waals surface area contributed by atoms with Gasteiger partial charge in [-0.15, -0.1) is 11.8 Å². The average molecular weight is 201 g/mol. The average Bonchev–Trinajstić information content (AvgIpc) is 2.98. The number of carbonyl (C=O) groups is 1. The Labute approximate surface area is 90.3 Å². The van der Waals surface area contributed by atoms with Gasteiger partial charge in [0.2, 0.25) is 0 Å². The van der Waals surface area contributed by atoms with Gasteiger partial charge in [-0.1, -0.05) is 0 Å². The third-order valence-corrected chi connectivity index (χ3v) is 2.65. The van der Waals surface area contributed by atoms with Crippen molar-refractivity contribution < 1.29 is 4.79 Å². The highest BCUT2D eigenvalue weighted by atomic mass is 16.1. The van der Waals surface area contributed by atoms with Gasteiger partial charge in [0.25, 0.3) is 0 Å². The summed E-state index contributed by atoms with van der Waals surface area (Å²) < 4.78 is 2.04. The molecule has 1 aromatic rings. The van der Waals surface area contributed by atoms with Crippen LogP contribution in [-0.2, 0) is 6.54 Å². The predicted octanol–water partition coefficient (Wildman–Crippen LogP) is 2.49. The Bertz CT molecular complexity index is 415. The van der Waals surface area contributed by atoms with Crippen molar-refractivity contribution in [2.75, 3.05) is 0 Å². The third kappa shape index (κ3) is 2.50. The molecule has 1 aromatic heterocycles. The van der Waals surface area contributed by atoms with Crippen LogP contribution in [-0.4, -0.2) is 10.4 Å². The Morgan fingerprint density at radius 2 is 2.40 bits per heavy atom. The van der Waals surface area contributed by atoms with E-state index in [1.54, 1.807) is 0 Å². The summed E-state index contributed by atoms with van der Waals surface area (Å²) in [4.78, 5) is 11.7. The molecule has 1 aliphatic carbocycles. The van der Waals surface area contributed by atoms with Crippen molar-refractivity contribution in [2.24, 2.45) is 5.92 Å². The molecule has 2 nitrogen and oxygen atoms in total. The van der Waals surface area contributed by atoms with Crippen molar-refractivity contribution in [3.05, 3.63) is 24.0 Å². The number of aromatic nitrogens is 1. The fourth-order valence-corrected chi connectivity index (χ4v) is 1.62. The summed E-state index contributed by atoms with van der Waals surface area (Å²) in [6.07, 6.45) is 6.91. The van der Waals surface area contributed by atoms with E-state index in [9.17, 15) is 4.79 Å². The summed E-state index contributed by atoms with van der Waals surface area (Å²) in [5.41, 5.74) is 0.863. The lowest BCUT2D eigenvalue weighted by Gasteiger charge is -1.97. The molecule has 1 fully saturated rings. The fraction of sp³-hybridized carbons (Fsp3) is 0.462. The first-order chi connectivity index (χ1) is 7.31. The normalized spacial score (nSPS) is 14.5. The van der Waals surface area contributed by atoms with Crippen molar-refractivity contribution in [2.45, 2.75) is 32.7 Å². The lowest BCUT2D eigenvalue weighted by Crippen LogP contribution is -2.00. The molecule has 0 aromatic carbocycles. The molecule has 15 heavy (non-hydrogen) atoms. The molecule has 78 valence electrons. The van der Waals surface area contributed by atoms with Crippen LogP contribution in [0.1, 0.15) is 36.5 Å². The minimum Gasteiger partial charge on any atom is -0.353 e. The largest absolute Gasteiger partial charge is 0.353 e. The van der Waals surface area contributed by atoms with E-state index in [0.717, 1.165) is 31.4 Å². The Kier molecular flexibility index (Phi) is 2.91. The van der Waals surface area contributed by atoms with Crippen LogP contribution in [0.5, 0.6) is 0 Å². The molecule has 0 aliphatic heterocycles. The van der Waals surface area contributed by atoms with Crippen LogP contribution in [0.2, 0.25) is 0 Å². The second-order valence-electron chi connectivity index (χ2n) is 3.95. The topological polar surface area (TPSA) is 22.0 Å². The highest BCUT2D eigenvalue weighted by Gasteiger charge is 2.30. The van der Waals surface area contributed by atoms with E-state index in [0.29, 0.717) is 11.7 Å². The Morgan fingerprint density at radius 1 is 1.60 bits per heavy atom. The lowest BCUT2D eigenvalue weighted by atomic mass is 10.1. The molecule has 1 saturated carbocycles. The monoisotopic (exact) mass is 201 g/mol. The molecule has 2 rings (SSSR count). The van der Waals surface area contributed by atoms with Gasteiger partial charge in [-0.05, 0) is 25.8 Å². The van der Waals surface area contributed by atoms with Crippen LogP contribution in [0.3, 0.4) is 0 Å². The van der Waals surface area contributed by atoms with Gasteiger partial charge in [0.1, 0.15) is 0 Å². The molecule has 0 unspecified atom stereocenters. The van der Waals surface area contributed by atoms with Crippen LogP contribution in [0.25, 0.3) is 0 Å². The molecule has 1 heterocycles. The molecule has 0 N–H and O–H groups in total. The van der Waals surface area contributed by atoms with E-state index in [1.165, 1.54) is 0 Å². The van der Waals surface area contributed by atoms with E-state index in [4.69, 9.17) is 0 Å². The molecule has 1 aliphatic rings. The van der Waals surface area contributed by atoms with E-state index in [-0.39, 0.29) is 0 Å². The molecular weight excluding hydrogens is 186 g/mol. The van der Waals surface area contributed by atoms with E-state index >= 15 is 0 Å². The number of nitrogens with zero attached hydrogens (tertiary/aromatic N) is 1. The van der Waals surface area contributed by atoms with Gasteiger partial charge < -0.3 is 4.57 Å². The van der Waals surface area contributed by atoms with Crippen LogP contribution in [0.4, 0.5) is 0 Å². The summed E-state index contributed by atoms with van der Waals surface area (Å²) in [6.45, 7) is 2.72. The van der Waals surface area contributed by atoms with Crippen molar-refractivity contribution in [1.82, 2.24) is 4.57 Å². The number of carbonyl (C=O) groups excluding carboxylic acids is 1. The first-order valence-electron chi connectivity index (χ1n) is 5.41. The number of hydrogen-bond acceptors (Lipinski definition) is 1.